The molecule has 0 heterocycles. The van der Waals surface area contributed by atoms with Crippen molar-refractivity contribution in [1.82, 2.24) is 10.6 Å². The quantitative estimate of drug-likeness (QED) is 0.371. The Morgan fingerprint density at radius 2 is 1.90 bits per heavy atom. The first-order valence-electron chi connectivity index (χ1n) is 9.38. The Morgan fingerprint density at radius 1 is 1.10 bits per heavy atom. The fourth-order valence-corrected chi connectivity index (χ4v) is 2.65. The number of unbranched alkanes of at least 4 members (excludes halogenated alkanes) is 1. The Kier molecular flexibility index (Phi) is 9.07. The van der Waals surface area contributed by atoms with Crippen molar-refractivity contribution in [3.05, 3.63) is 59.7 Å². The average molecular weight is 416 g/mol. The Balaban J connectivity index is 2.00. The molecule has 2 rings (SSSR count). The van der Waals surface area contributed by atoms with E-state index in [9.17, 15) is 9.59 Å². The highest BCUT2D eigenvalue weighted by Gasteiger charge is 2.13. The van der Waals surface area contributed by atoms with Crippen molar-refractivity contribution in [3.63, 3.8) is 0 Å². The van der Waals surface area contributed by atoms with Crippen LogP contribution < -0.4 is 20.7 Å². The van der Waals surface area contributed by atoms with Crippen LogP contribution in [0.25, 0.3) is 0 Å². The summed E-state index contributed by atoms with van der Waals surface area (Å²) < 4.78 is 5.62. The number of aliphatic hydroxyl groups is 1. The summed E-state index contributed by atoms with van der Waals surface area (Å²) in [5.74, 6) is -0.116. The summed E-state index contributed by atoms with van der Waals surface area (Å²) in [7, 11) is 0. The van der Waals surface area contributed by atoms with Crippen LogP contribution in [-0.4, -0.2) is 41.8 Å². The third kappa shape index (κ3) is 7.17. The van der Waals surface area contributed by atoms with Gasteiger partial charge in [-0.05, 0) is 49.0 Å². The van der Waals surface area contributed by atoms with E-state index in [0.29, 0.717) is 29.2 Å². The molecule has 0 saturated carbocycles. The number of ether oxygens (including phenoxy) is 1. The number of carbonyl (C=O) groups is 2. The predicted molar refractivity (Wildman–Crippen MR) is 116 cm³/mol. The van der Waals surface area contributed by atoms with Gasteiger partial charge in [0.05, 0.1) is 24.5 Å². The lowest BCUT2D eigenvalue weighted by atomic mass is 10.1. The second-order valence-corrected chi connectivity index (χ2v) is 6.57. The van der Waals surface area contributed by atoms with Crippen LogP contribution in [-0.2, 0) is 0 Å². The molecular weight excluding hydrogens is 390 g/mol. The number of aliphatic hydroxyl groups excluding tert-OH is 1. The summed E-state index contributed by atoms with van der Waals surface area (Å²) in [5, 5.41) is 17.0. The number of thiocarbonyl (C=S) groups is 1. The van der Waals surface area contributed by atoms with Gasteiger partial charge in [0.1, 0.15) is 5.75 Å². The molecular formula is C21H25N3O4S. The molecule has 29 heavy (non-hydrogen) atoms. The molecule has 154 valence electrons. The first-order chi connectivity index (χ1) is 14.0. The molecule has 0 aromatic heterocycles. The minimum absolute atomic E-state index is 0.0645. The maximum Gasteiger partial charge on any atom is 0.257 e. The highest BCUT2D eigenvalue weighted by atomic mass is 32.1. The molecule has 0 radical (unpaired) electrons. The summed E-state index contributed by atoms with van der Waals surface area (Å²) >= 11 is 5.22. The summed E-state index contributed by atoms with van der Waals surface area (Å²) in [6, 6.07) is 13.6. The monoisotopic (exact) mass is 415 g/mol. The van der Waals surface area contributed by atoms with Gasteiger partial charge >= 0.3 is 0 Å². The van der Waals surface area contributed by atoms with Gasteiger partial charge in [-0.25, -0.2) is 0 Å². The third-order valence-electron chi connectivity index (χ3n) is 3.91. The molecule has 2 amide bonds. The molecule has 8 heteroatoms. The van der Waals surface area contributed by atoms with Gasteiger partial charge in [-0.1, -0.05) is 31.5 Å². The third-order valence-corrected chi connectivity index (χ3v) is 4.11. The maximum absolute atomic E-state index is 12.5. The average Bonchev–Trinajstić information content (AvgIpc) is 2.72. The smallest absolute Gasteiger partial charge is 0.257 e. The van der Waals surface area contributed by atoms with Crippen molar-refractivity contribution in [1.29, 1.82) is 0 Å². The zero-order valence-electron chi connectivity index (χ0n) is 16.2. The van der Waals surface area contributed by atoms with Gasteiger partial charge in [-0.3, -0.25) is 14.9 Å². The Bertz CT molecular complexity index is 857. The van der Waals surface area contributed by atoms with Crippen molar-refractivity contribution in [3.8, 4) is 5.75 Å². The highest BCUT2D eigenvalue weighted by Crippen LogP contribution is 2.16. The fraction of sp³-hybridized carbons (Fsp3) is 0.286. The van der Waals surface area contributed by atoms with Gasteiger partial charge in [0.2, 0.25) is 0 Å². The van der Waals surface area contributed by atoms with Crippen molar-refractivity contribution in [2.45, 2.75) is 19.8 Å². The zero-order chi connectivity index (χ0) is 21.1. The second kappa shape index (κ2) is 11.8. The van der Waals surface area contributed by atoms with E-state index in [1.807, 2.05) is 0 Å². The lowest BCUT2D eigenvalue weighted by Gasteiger charge is -2.13. The Labute approximate surface area is 175 Å². The molecule has 4 N–H and O–H groups in total. The van der Waals surface area contributed by atoms with Crippen LogP contribution in [0, 0.1) is 0 Å². The molecule has 0 aliphatic carbocycles. The minimum atomic E-state index is -0.384. The van der Waals surface area contributed by atoms with Gasteiger partial charge in [0.15, 0.2) is 5.11 Å². The molecule has 0 spiro atoms. The van der Waals surface area contributed by atoms with Crippen LogP contribution in [0.4, 0.5) is 5.69 Å². The molecule has 0 saturated heterocycles. The number of rotatable bonds is 9. The first-order valence-corrected chi connectivity index (χ1v) is 9.79. The second-order valence-electron chi connectivity index (χ2n) is 6.16. The number of carbonyl (C=O) groups excluding carboxylic acids is 2. The largest absolute Gasteiger partial charge is 0.494 e. The van der Waals surface area contributed by atoms with Gasteiger partial charge in [-0.15, -0.1) is 0 Å². The summed E-state index contributed by atoms with van der Waals surface area (Å²) in [6.45, 7) is 2.66. The predicted octanol–water partition coefficient (Wildman–Crippen LogP) is 2.71. The normalized spacial score (nSPS) is 10.1. The lowest BCUT2D eigenvalue weighted by Crippen LogP contribution is -2.35. The van der Waals surface area contributed by atoms with E-state index in [4.69, 9.17) is 22.1 Å². The number of benzene rings is 2. The molecule has 7 nitrogen and oxygen atoms in total. The van der Waals surface area contributed by atoms with Gasteiger partial charge in [0.25, 0.3) is 11.8 Å². The molecule has 2 aromatic rings. The molecule has 0 aliphatic rings. The van der Waals surface area contributed by atoms with Crippen LogP contribution in [0.3, 0.4) is 0 Å². The van der Waals surface area contributed by atoms with Crippen LogP contribution >= 0.6 is 12.2 Å². The molecule has 0 atom stereocenters. The minimum Gasteiger partial charge on any atom is -0.494 e. The summed E-state index contributed by atoms with van der Waals surface area (Å²) in [4.78, 5) is 24.7. The van der Waals surface area contributed by atoms with E-state index < -0.39 is 0 Å². The molecule has 0 bridgehead atoms. The van der Waals surface area contributed by atoms with E-state index in [1.54, 1.807) is 48.5 Å². The maximum atomic E-state index is 12.5. The number of hydrogen-bond donors (Lipinski definition) is 4. The van der Waals surface area contributed by atoms with Crippen LogP contribution in [0.2, 0.25) is 0 Å². The standard InChI is InChI=1S/C21H25N3O4S/c1-2-3-13-28-16-8-6-7-15(14-16)19(26)24-21(29)23-18-10-5-4-9-17(18)20(27)22-11-12-25/h4-10,14,25H,2-3,11-13H2,1H3,(H,22,27)(H2,23,24,26,29). The van der Waals surface area contributed by atoms with Gasteiger partial charge < -0.3 is 20.5 Å². The van der Waals surface area contributed by atoms with E-state index in [2.05, 4.69) is 22.9 Å². The number of anilines is 1. The lowest BCUT2D eigenvalue weighted by molar-refractivity contribution is 0.0944. The Morgan fingerprint density at radius 3 is 2.66 bits per heavy atom. The fourth-order valence-electron chi connectivity index (χ4n) is 2.45. The summed E-state index contributed by atoms with van der Waals surface area (Å²) in [5.41, 5.74) is 1.21. The molecule has 2 aromatic carbocycles. The summed E-state index contributed by atoms with van der Waals surface area (Å²) in [6.07, 6.45) is 1.97. The SMILES string of the molecule is CCCCOc1cccc(C(=O)NC(=S)Nc2ccccc2C(=O)NCCO)c1. The number of para-hydroxylation sites is 1. The first kappa shape index (κ1) is 22.3. The van der Waals surface area contributed by atoms with Crippen LogP contribution in [0.15, 0.2) is 48.5 Å². The van der Waals surface area contributed by atoms with Gasteiger partial charge in [0, 0.05) is 12.1 Å². The van der Waals surface area contributed by atoms with E-state index in [-0.39, 0.29) is 30.1 Å². The number of hydrogen-bond acceptors (Lipinski definition) is 5. The number of amides is 2. The Hall–Kier alpha value is -2.97. The van der Waals surface area contributed by atoms with Gasteiger partial charge in [-0.2, -0.15) is 0 Å². The van der Waals surface area contributed by atoms with E-state index in [0.717, 1.165) is 12.8 Å². The van der Waals surface area contributed by atoms with Crippen molar-refractivity contribution < 1.29 is 19.4 Å². The van der Waals surface area contributed by atoms with Crippen LogP contribution in [0.5, 0.6) is 5.75 Å². The van der Waals surface area contributed by atoms with Crippen LogP contribution in [0.1, 0.15) is 40.5 Å². The van der Waals surface area contributed by atoms with Crippen molar-refractivity contribution in [2.75, 3.05) is 25.1 Å². The zero-order valence-corrected chi connectivity index (χ0v) is 17.1. The molecule has 0 fully saturated rings. The topological polar surface area (TPSA) is 99.7 Å². The number of nitrogens with one attached hydrogen (secondary N) is 3. The molecule has 0 aliphatic heterocycles. The highest BCUT2D eigenvalue weighted by molar-refractivity contribution is 7.80. The van der Waals surface area contributed by atoms with E-state index >= 15 is 0 Å². The van der Waals surface area contributed by atoms with Crippen molar-refractivity contribution >= 4 is 34.8 Å². The van der Waals surface area contributed by atoms with Crippen molar-refractivity contribution in [2.24, 2.45) is 0 Å². The molecule has 0 unspecified atom stereocenters. The van der Waals surface area contributed by atoms with E-state index in [1.165, 1.54) is 0 Å².